The molecule has 0 bridgehead atoms. The zero-order chi connectivity index (χ0) is 14.4. The molecule has 1 aromatic carbocycles. The second-order valence-corrected chi connectivity index (χ2v) is 5.89. The lowest BCUT2D eigenvalue weighted by atomic mass is 10.1. The van der Waals surface area contributed by atoms with Gasteiger partial charge in [0.2, 0.25) is 0 Å². The number of nitrogens with zero attached hydrogens (tertiary/aromatic N) is 1. The van der Waals surface area contributed by atoms with Crippen LogP contribution in [-0.4, -0.2) is 22.9 Å². The number of benzene rings is 1. The lowest BCUT2D eigenvalue weighted by Crippen LogP contribution is -2.29. The van der Waals surface area contributed by atoms with Crippen LogP contribution >= 0.6 is 27.3 Å². The lowest BCUT2D eigenvalue weighted by Gasteiger charge is -2.12. The van der Waals surface area contributed by atoms with Gasteiger partial charge in [0.25, 0.3) is 11.8 Å². The van der Waals surface area contributed by atoms with Crippen molar-refractivity contribution in [1.82, 2.24) is 0 Å². The van der Waals surface area contributed by atoms with Crippen LogP contribution in [0.25, 0.3) is 0 Å². The lowest BCUT2D eigenvalue weighted by molar-refractivity contribution is 0.0698. The first-order valence-corrected chi connectivity index (χ1v) is 7.17. The summed E-state index contributed by atoms with van der Waals surface area (Å²) in [6.45, 7) is 0. The number of aromatic carboxylic acids is 1. The Morgan fingerprint density at radius 2 is 1.85 bits per heavy atom. The average molecular weight is 352 g/mol. The van der Waals surface area contributed by atoms with Crippen molar-refractivity contribution in [2.45, 2.75) is 0 Å². The molecule has 0 saturated heterocycles. The van der Waals surface area contributed by atoms with Gasteiger partial charge in [-0.05, 0) is 29.6 Å². The summed E-state index contributed by atoms with van der Waals surface area (Å²) < 4.78 is 0.684. The number of fused-ring (bicyclic) bond motifs is 1. The maximum Gasteiger partial charge on any atom is 0.338 e. The van der Waals surface area contributed by atoms with Crippen LogP contribution in [0.4, 0.5) is 5.00 Å². The van der Waals surface area contributed by atoms with Crippen molar-refractivity contribution in [3.63, 3.8) is 0 Å². The molecule has 0 saturated carbocycles. The summed E-state index contributed by atoms with van der Waals surface area (Å²) in [6.07, 6.45) is 0. The van der Waals surface area contributed by atoms with Crippen molar-refractivity contribution in [2.75, 3.05) is 4.90 Å². The Morgan fingerprint density at radius 3 is 2.55 bits per heavy atom. The summed E-state index contributed by atoms with van der Waals surface area (Å²) in [5.74, 6) is -2.17. The van der Waals surface area contributed by atoms with Gasteiger partial charge in [-0.2, -0.15) is 0 Å². The molecule has 100 valence electrons. The highest BCUT2D eigenvalue weighted by atomic mass is 79.9. The van der Waals surface area contributed by atoms with Gasteiger partial charge < -0.3 is 5.11 Å². The molecule has 1 aliphatic heterocycles. The number of hydrogen-bond donors (Lipinski definition) is 1. The van der Waals surface area contributed by atoms with E-state index < -0.39 is 17.8 Å². The van der Waals surface area contributed by atoms with Crippen molar-refractivity contribution in [1.29, 1.82) is 0 Å². The molecular formula is C13H6BrNO4S. The second-order valence-electron chi connectivity index (χ2n) is 4.08. The third-order valence-corrected chi connectivity index (χ3v) is 4.32. The predicted octanol–water partition coefficient (Wildman–Crippen LogP) is 3.01. The van der Waals surface area contributed by atoms with Crippen LogP contribution in [0, 0.1) is 0 Å². The maximum atomic E-state index is 12.3. The molecule has 20 heavy (non-hydrogen) atoms. The van der Waals surface area contributed by atoms with Crippen molar-refractivity contribution in [3.8, 4) is 0 Å². The number of hydrogen-bond acceptors (Lipinski definition) is 4. The first-order chi connectivity index (χ1) is 9.50. The molecule has 2 amide bonds. The van der Waals surface area contributed by atoms with E-state index in [4.69, 9.17) is 5.11 Å². The fraction of sp³-hybridized carbons (Fsp3) is 0. The average Bonchev–Trinajstić information content (AvgIpc) is 2.95. The third kappa shape index (κ3) is 1.78. The molecule has 1 aromatic heterocycles. The molecule has 3 rings (SSSR count). The van der Waals surface area contributed by atoms with E-state index >= 15 is 0 Å². The van der Waals surface area contributed by atoms with Crippen molar-refractivity contribution in [2.24, 2.45) is 0 Å². The first-order valence-electron chi connectivity index (χ1n) is 5.50. The molecule has 5 nitrogen and oxygen atoms in total. The Balaban J connectivity index is 2.14. The number of carbonyl (C=O) groups excluding carboxylic acids is 2. The standard InChI is InChI=1S/C13H6BrNO4S/c14-6-1-2-7-9(5-6)11(17)15(10(7)16)12-8(13(18)19)3-4-20-12/h1-5H,(H,18,19). The molecule has 0 spiro atoms. The van der Waals surface area contributed by atoms with E-state index in [0.29, 0.717) is 4.47 Å². The molecule has 7 heteroatoms. The van der Waals surface area contributed by atoms with Crippen molar-refractivity contribution >= 4 is 50.1 Å². The number of carboxylic acids is 1. The summed E-state index contributed by atoms with van der Waals surface area (Å²) in [5.41, 5.74) is 0.501. The summed E-state index contributed by atoms with van der Waals surface area (Å²) >= 11 is 4.29. The first kappa shape index (κ1) is 13.0. The van der Waals surface area contributed by atoms with E-state index in [9.17, 15) is 14.4 Å². The SMILES string of the molecule is O=C(O)c1ccsc1N1C(=O)c2ccc(Br)cc2C1=O. The molecule has 1 aliphatic rings. The number of amides is 2. The van der Waals surface area contributed by atoms with Gasteiger partial charge in [-0.1, -0.05) is 15.9 Å². The van der Waals surface area contributed by atoms with Crippen LogP contribution in [0.5, 0.6) is 0 Å². The largest absolute Gasteiger partial charge is 0.478 e. The van der Waals surface area contributed by atoms with Gasteiger partial charge in [0, 0.05) is 4.47 Å². The maximum absolute atomic E-state index is 12.3. The molecular weight excluding hydrogens is 346 g/mol. The number of carbonyl (C=O) groups is 3. The van der Waals surface area contributed by atoms with E-state index in [1.807, 2.05) is 0 Å². The summed E-state index contributed by atoms with van der Waals surface area (Å²) in [7, 11) is 0. The van der Waals surface area contributed by atoms with Crippen LogP contribution < -0.4 is 4.90 Å². The molecule has 0 aliphatic carbocycles. The fourth-order valence-electron chi connectivity index (χ4n) is 2.03. The van der Waals surface area contributed by atoms with Gasteiger partial charge in [0.1, 0.15) is 5.00 Å². The number of thiophene rings is 1. The smallest absolute Gasteiger partial charge is 0.338 e. The predicted molar refractivity (Wildman–Crippen MR) is 76.6 cm³/mol. The Morgan fingerprint density at radius 1 is 1.15 bits per heavy atom. The minimum Gasteiger partial charge on any atom is -0.478 e. The van der Waals surface area contributed by atoms with E-state index in [1.54, 1.807) is 18.2 Å². The van der Waals surface area contributed by atoms with Crippen LogP contribution in [0.15, 0.2) is 34.1 Å². The summed E-state index contributed by atoms with van der Waals surface area (Å²) in [4.78, 5) is 36.7. The van der Waals surface area contributed by atoms with Crippen LogP contribution in [0.2, 0.25) is 0 Å². The Kier molecular flexibility index (Phi) is 2.95. The molecule has 2 aromatic rings. The number of imide groups is 1. The van der Waals surface area contributed by atoms with Crippen LogP contribution in [0.1, 0.15) is 31.1 Å². The summed E-state index contributed by atoms with van der Waals surface area (Å²) in [5, 5.41) is 10.8. The zero-order valence-corrected chi connectivity index (χ0v) is 12.2. The van der Waals surface area contributed by atoms with Gasteiger partial charge in [0.15, 0.2) is 0 Å². The Hall–Kier alpha value is -1.99. The van der Waals surface area contributed by atoms with Gasteiger partial charge in [-0.25, -0.2) is 9.69 Å². The fourth-order valence-corrected chi connectivity index (χ4v) is 3.28. The van der Waals surface area contributed by atoms with E-state index in [0.717, 1.165) is 16.2 Å². The number of rotatable bonds is 2. The zero-order valence-electron chi connectivity index (χ0n) is 9.79. The number of carboxylic acid groups (broad SMARTS) is 1. The van der Waals surface area contributed by atoms with Gasteiger partial charge in [-0.15, -0.1) is 11.3 Å². The quantitative estimate of drug-likeness (QED) is 0.844. The third-order valence-electron chi connectivity index (χ3n) is 2.93. The highest BCUT2D eigenvalue weighted by Crippen LogP contribution is 2.35. The van der Waals surface area contributed by atoms with Gasteiger partial charge in [-0.3, -0.25) is 9.59 Å². The van der Waals surface area contributed by atoms with Crippen LogP contribution in [0.3, 0.4) is 0 Å². The normalized spacial score (nSPS) is 13.8. The highest BCUT2D eigenvalue weighted by molar-refractivity contribution is 9.10. The van der Waals surface area contributed by atoms with Crippen molar-refractivity contribution < 1.29 is 19.5 Å². The molecule has 0 fully saturated rings. The molecule has 0 unspecified atom stereocenters. The molecule has 0 radical (unpaired) electrons. The van der Waals surface area contributed by atoms with E-state index in [-0.39, 0.29) is 21.7 Å². The summed E-state index contributed by atoms with van der Waals surface area (Å²) in [6, 6.07) is 6.15. The molecule has 1 N–H and O–H groups in total. The van der Waals surface area contributed by atoms with Gasteiger partial charge in [0.05, 0.1) is 16.7 Å². The van der Waals surface area contributed by atoms with E-state index in [2.05, 4.69) is 15.9 Å². The topological polar surface area (TPSA) is 74.7 Å². The minimum atomic E-state index is -1.17. The van der Waals surface area contributed by atoms with Crippen LogP contribution in [-0.2, 0) is 0 Å². The number of anilines is 1. The van der Waals surface area contributed by atoms with Crippen molar-refractivity contribution in [3.05, 3.63) is 50.8 Å². The second kappa shape index (κ2) is 4.53. The molecule has 2 heterocycles. The minimum absolute atomic E-state index is 0.0522. The highest BCUT2D eigenvalue weighted by Gasteiger charge is 2.39. The monoisotopic (exact) mass is 351 g/mol. The number of halogens is 1. The van der Waals surface area contributed by atoms with Gasteiger partial charge >= 0.3 is 5.97 Å². The molecule has 0 atom stereocenters. The van der Waals surface area contributed by atoms with E-state index in [1.165, 1.54) is 11.4 Å². The Bertz CT molecular complexity index is 767. The Labute approximate surface area is 125 Å².